The van der Waals surface area contributed by atoms with Crippen LogP contribution in [0.1, 0.15) is 18.9 Å². The Hall–Kier alpha value is -1.76. The predicted octanol–water partition coefficient (Wildman–Crippen LogP) is 3.66. The smallest absolute Gasteiger partial charge is 0.244 e. The van der Waals surface area contributed by atoms with Gasteiger partial charge >= 0.3 is 0 Å². The molecule has 0 aliphatic carbocycles. The normalized spacial score (nSPS) is 11.3. The van der Waals surface area contributed by atoms with Crippen molar-refractivity contribution in [3.8, 4) is 11.5 Å². The maximum Gasteiger partial charge on any atom is 0.244 e. The molecular weight excluding hydrogens is 362 g/mol. The molecule has 0 atom stereocenters. The van der Waals surface area contributed by atoms with Crippen molar-refractivity contribution in [3.05, 3.63) is 53.1 Å². The molecular formula is C18H22ClNO4S. The molecule has 0 fully saturated rings. The summed E-state index contributed by atoms with van der Waals surface area (Å²) in [4.78, 5) is 0.0391. The SMILES string of the molecule is CCOc1ccccc1CCCNS(=O)(=O)c1cc(Cl)ccc1OC. The second kappa shape index (κ2) is 9.08. The van der Waals surface area contributed by atoms with Crippen molar-refractivity contribution in [2.45, 2.75) is 24.7 Å². The summed E-state index contributed by atoms with van der Waals surface area (Å²) < 4.78 is 38.2. The first-order chi connectivity index (χ1) is 12.0. The van der Waals surface area contributed by atoms with E-state index in [1.165, 1.54) is 19.2 Å². The highest BCUT2D eigenvalue weighted by Gasteiger charge is 2.19. The second-order valence-corrected chi connectivity index (χ2v) is 7.51. The van der Waals surface area contributed by atoms with Crippen LogP contribution in [-0.2, 0) is 16.4 Å². The average molecular weight is 384 g/mol. The van der Waals surface area contributed by atoms with E-state index in [1.807, 2.05) is 31.2 Å². The molecule has 0 bridgehead atoms. The van der Waals surface area contributed by atoms with Crippen LogP contribution in [-0.4, -0.2) is 28.7 Å². The highest BCUT2D eigenvalue weighted by molar-refractivity contribution is 7.89. The zero-order chi connectivity index (χ0) is 18.3. The molecule has 0 aliphatic heterocycles. The van der Waals surface area contributed by atoms with Gasteiger partial charge in [-0.1, -0.05) is 29.8 Å². The number of para-hydroxylation sites is 1. The zero-order valence-corrected chi connectivity index (χ0v) is 15.9. The maximum atomic E-state index is 12.5. The topological polar surface area (TPSA) is 64.6 Å². The number of rotatable bonds is 9. The Balaban J connectivity index is 1.99. The van der Waals surface area contributed by atoms with Crippen LogP contribution >= 0.6 is 11.6 Å². The first-order valence-electron chi connectivity index (χ1n) is 8.02. The van der Waals surface area contributed by atoms with Crippen LogP contribution in [0.25, 0.3) is 0 Å². The average Bonchev–Trinajstić information content (AvgIpc) is 2.60. The number of ether oxygens (including phenoxy) is 2. The van der Waals surface area contributed by atoms with Crippen LogP contribution in [0.4, 0.5) is 0 Å². The molecule has 0 aliphatic rings. The first kappa shape index (κ1) is 19.6. The number of aryl methyl sites for hydroxylation is 1. The molecule has 0 amide bonds. The highest BCUT2D eigenvalue weighted by atomic mass is 35.5. The molecule has 136 valence electrons. The Morgan fingerprint density at radius 2 is 1.88 bits per heavy atom. The maximum absolute atomic E-state index is 12.5. The van der Waals surface area contributed by atoms with Gasteiger partial charge < -0.3 is 9.47 Å². The Kier molecular flexibility index (Phi) is 7.11. The monoisotopic (exact) mass is 383 g/mol. The van der Waals surface area contributed by atoms with Gasteiger partial charge in [-0.2, -0.15) is 0 Å². The molecule has 2 rings (SSSR count). The number of hydrogen-bond donors (Lipinski definition) is 1. The molecule has 25 heavy (non-hydrogen) atoms. The first-order valence-corrected chi connectivity index (χ1v) is 9.88. The van der Waals surface area contributed by atoms with Gasteiger partial charge in [-0.15, -0.1) is 0 Å². The summed E-state index contributed by atoms with van der Waals surface area (Å²) in [5, 5.41) is 0.340. The van der Waals surface area contributed by atoms with Crippen molar-refractivity contribution in [2.75, 3.05) is 20.3 Å². The van der Waals surface area contributed by atoms with Crippen LogP contribution in [0, 0.1) is 0 Å². The minimum Gasteiger partial charge on any atom is -0.495 e. The molecule has 2 aromatic carbocycles. The van der Waals surface area contributed by atoms with Crippen LogP contribution in [0.2, 0.25) is 5.02 Å². The summed E-state index contributed by atoms with van der Waals surface area (Å²) in [7, 11) is -2.27. The molecule has 0 spiro atoms. The summed E-state index contributed by atoms with van der Waals surface area (Å²) in [6.45, 7) is 2.83. The Morgan fingerprint density at radius 1 is 1.12 bits per heavy atom. The summed E-state index contributed by atoms with van der Waals surface area (Å²) in [6, 6.07) is 12.3. The van der Waals surface area contributed by atoms with Gasteiger partial charge in [0.1, 0.15) is 16.4 Å². The van der Waals surface area contributed by atoms with E-state index in [4.69, 9.17) is 21.1 Å². The van der Waals surface area contributed by atoms with Crippen molar-refractivity contribution in [1.82, 2.24) is 4.72 Å². The van der Waals surface area contributed by atoms with Crippen molar-refractivity contribution in [3.63, 3.8) is 0 Å². The highest BCUT2D eigenvalue weighted by Crippen LogP contribution is 2.27. The molecule has 7 heteroatoms. The van der Waals surface area contributed by atoms with E-state index >= 15 is 0 Å². The number of sulfonamides is 1. The Labute approximate surface area is 154 Å². The third-order valence-electron chi connectivity index (χ3n) is 3.60. The Bertz CT molecular complexity index is 808. The molecule has 0 saturated carbocycles. The molecule has 0 heterocycles. The lowest BCUT2D eigenvalue weighted by atomic mass is 10.1. The van der Waals surface area contributed by atoms with Crippen molar-refractivity contribution >= 4 is 21.6 Å². The van der Waals surface area contributed by atoms with Gasteiger partial charge in [-0.25, -0.2) is 13.1 Å². The fraction of sp³-hybridized carbons (Fsp3) is 0.333. The van der Waals surface area contributed by atoms with E-state index < -0.39 is 10.0 Å². The van der Waals surface area contributed by atoms with E-state index in [-0.39, 0.29) is 10.6 Å². The molecule has 5 nitrogen and oxygen atoms in total. The lowest BCUT2D eigenvalue weighted by Gasteiger charge is -2.12. The van der Waals surface area contributed by atoms with E-state index in [0.717, 1.165) is 11.3 Å². The number of methoxy groups -OCH3 is 1. The fourth-order valence-electron chi connectivity index (χ4n) is 2.43. The van der Waals surface area contributed by atoms with Gasteiger partial charge in [0.2, 0.25) is 10.0 Å². The number of nitrogens with one attached hydrogen (secondary N) is 1. The summed E-state index contributed by atoms with van der Waals surface area (Å²) in [5.41, 5.74) is 1.06. The molecule has 1 N–H and O–H groups in total. The third kappa shape index (κ3) is 5.36. The molecule has 0 saturated heterocycles. The predicted molar refractivity (Wildman–Crippen MR) is 99.1 cm³/mol. The summed E-state index contributed by atoms with van der Waals surface area (Å²) in [5.74, 6) is 1.10. The molecule has 0 unspecified atom stereocenters. The fourth-order valence-corrected chi connectivity index (χ4v) is 3.93. The number of hydrogen-bond acceptors (Lipinski definition) is 4. The lowest BCUT2D eigenvalue weighted by molar-refractivity contribution is 0.336. The van der Waals surface area contributed by atoms with Crippen molar-refractivity contribution < 1.29 is 17.9 Å². The van der Waals surface area contributed by atoms with Crippen LogP contribution < -0.4 is 14.2 Å². The van der Waals surface area contributed by atoms with Crippen LogP contribution in [0.3, 0.4) is 0 Å². The van der Waals surface area contributed by atoms with Gasteiger partial charge in [0, 0.05) is 11.6 Å². The molecule has 0 aromatic heterocycles. The quantitative estimate of drug-likeness (QED) is 0.671. The largest absolute Gasteiger partial charge is 0.495 e. The van der Waals surface area contributed by atoms with Gasteiger partial charge in [0.25, 0.3) is 0 Å². The van der Waals surface area contributed by atoms with E-state index in [1.54, 1.807) is 6.07 Å². The molecule has 2 aromatic rings. The molecule has 0 radical (unpaired) electrons. The van der Waals surface area contributed by atoms with Gasteiger partial charge in [-0.05, 0) is 49.6 Å². The summed E-state index contributed by atoms with van der Waals surface area (Å²) >= 11 is 5.91. The van der Waals surface area contributed by atoms with Crippen molar-refractivity contribution in [1.29, 1.82) is 0 Å². The van der Waals surface area contributed by atoms with E-state index in [9.17, 15) is 8.42 Å². The van der Waals surface area contributed by atoms with Crippen LogP contribution in [0.5, 0.6) is 11.5 Å². The standard InChI is InChI=1S/C18H22ClNO4S/c1-3-24-16-9-5-4-7-14(16)8-6-12-20-25(21,22)18-13-15(19)10-11-17(18)23-2/h4-5,7,9-11,13,20H,3,6,8,12H2,1-2H3. The number of benzene rings is 2. The Morgan fingerprint density at radius 3 is 2.60 bits per heavy atom. The van der Waals surface area contributed by atoms with Gasteiger partial charge in [-0.3, -0.25) is 0 Å². The zero-order valence-electron chi connectivity index (χ0n) is 14.3. The minimum atomic E-state index is -3.69. The van der Waals surface area contributed by atoms with E-state index in [0.29, 0.717) is 31.0 Å². The summed E-state index contributed by atoms with van der Waals surface area (Å²) in [6.07, 6.45) is 1.36. The lowest BCUT2D eigenvalue weighted by Crippen LogP contribution is -2.25. The second-order valence-electron chi connectivity index (χ2n) is 5.34. The van der Waals surface area contributed by atoms with E-state index in [2.05, 4.69) is 4.72 Å². The van der Waals surface area contributed by atoms with Crippen LogP contribution in [0.15, 0.2) is 47.4 Å². The van der Waals surface area contributed by atoms with Crippen molar-refractivity contribution in [2.24, 2.45) is 0 Å². The minimum absolute atomic E-state index is 0.0391. The van der Waals surface area contributed by atoms with Gasteiger partial charge in [0.05, 0.1) is 13.7 Å². The van der Waals surface area contributed by atoms with Gasteiger partial charge in [0.15, 0.2) is 0 Å². The number of halogens is 1. The third-order valence-corrected chi connectivity index (χ3v) is 5.32.